The van der Waals surface area contributed by atoms with E-state index in [0.29, 0.717) is 11.3 Å². The van der Waals surface area contributed by atoms with Gasteiger partial charge in [0.2, 0.25) is 5.28 Å². The summed E-state index contributed by atoms with van der Waals surface area (Å²) in [4.78, 5) is 10.2. The number of halogens is 1. The van der Waals surface area contributed by atoms with Gasteiger partial charge in [-0.2, -0.15) is 11.8 Å². The SMILES string of the molecule is CN(c1ccnc(Cl)n1)C1CCSC1. The molecule has 0 amide bonds. The Bertz CT molecular complexity index is 315. The molecule has 1 aromatic heterocycles. The summed E-state index contributed by atoms with van der Waals surface area (Å²) in [6.07, 6.45) is 2.92. The van der Waals surface area contributed by atoms with Crippen LogP contribution in [0, 0.1) is 0 Å². The monoisotopic (exact) mass is 229 g/mol. The maximum Gasteiger partial charge on any atom is 0.224 e. The highest BCUT2D eigenvalue weighted by Gasteiger charge is 2.21. The Balaban J connectivity index is 2.13. The average molecular weight is 230 g/mol. The first-order valence-electron chi connectivity index (χ1n) is 4.56. The van der Waals surface area contributed by atoms with Gasteiger partial charge in [0.25, 0.3) is 0 Å². The summed E-state index contributed by atoms with van der Waals surface area (Å²) in [5.74, 6) is 3.34. The third-order valence-corrected chi connectivity index (χ3v) is 3.75. The van der Waals surface area contributed by atoms with Crippen LogP contribution in [0.15, 0.2) is 12.3 Å². The van der Waals surface area contributed by atoms with E-state index < -0.39 is 0 Å². The molecule has 1 unspecified atom stereocenters. The predicted octanol–water partition coefficient (Wildman–Crippen LogP) is 2.07. The predicted molar refractivity (Wildman–Crippen MR) is 61.2 cm³/mol. The first kappa shape index (κ1) is 10.1. The molecule has 0 saturated carbocycles. The van der Waals surface area contributed by atoms with Crippen molar-refractivity contribution in [2.45, 2.75) is 12.5 Å². The molecule has 14 heavy (non-hydrogen) atoms. The Hall–Kier alpha value is -0.480. The van der Waals surface area contributed by atoms with Gasteiger partial charge < -0.3 is 4.90 Å². The highest BCUT2D eigenvalue weighted by Crippen LogP contribution is 2.24. The van der Waals surface area contributed by atoms with E-state index in [1.54, 1.807) is 6.20 Å². The first-order valence-corrected chi connectivity index (χ1v) is 6.10. The van der Waals surface area contributed by atoms with Gasteiger partial charge in [0, 0.05) is 25.0 Å². The van der Waals surface area contributed by atoms with Crippen LogP contribution in [0.5, 0.6) is 0 Å². The van der Waals surface area contributed by atoms with Crippen molar-refractivity contribution in [2.24, 2.45) is 0 Å². The van der Waals surface area contributed by atoms with E-state index in [9.17, 15) is 0 Å². The zero-order valence-electron chi connectivity index (χ0n) is 7.98. The van der Waals surface area contributed by atoms with E-state index in [1.807, 2.05) is 17.8 Å². The van der Waals surface area contributed by atoms with Crippen LogP contribution in [0.3, 0.4) is 0 Å². The van der Waals surface area contributed by atoms with Crippen LogP contribution in [-0.2, 0) is 0 Å². The molecule has 0 N–H and O–H groups in total. The van der Waals surface area contributed by atoms with Crippen molar-refractivity contribution in [3.05, 3.63) is 17.5 Å². The molecular weight excluding hydrogens is 218 g/mol. The molecule has 2 heterocycles. The van der Waals surface area contributed by atoms with Crippen molar-refractivity contribution in [1.82, 2.24) is 9.97 Å². The number of thioether (sulfide) groups is 1. The van der Waals surface area contributed by atoms with Crippen LogP contribution < -0.4 is 4.90 Å². The summed E-state index contributed by atoms with van der Waals surface area (Å²) in [7, 11) is 2.06. The quantitative estimate of drug-likeness (QED) is 0.727. The number of hydrogen-bond acceptors (Lipinski definition) is 4. The van der Waals surface area contributed by atoms with Gasteiger partial charge in [-0.3, -0.25) is 0 Å². The number of aromatic nitrogens is 2. The fourth-order valence-electron chi connectivity index (χ4n) is 1.54. The van der Waals surface area contributed by atoms with Gasteiger partial charge in [0.1, 0.15) is 5.82 Å². The van der Waals surface area contributed by atoms with E-state index in [4.69, 9.17) is 11.6 Å². The van der Waals surface area contributed by atoms with Crippen molar-refractivity contribution < 1.29 is 0 Å². The molecule has 1 fully saturated rings. The second-order valence-corrected chi connectivity index (χ2v) is 4.80. The lowest BCUT2D eigenvalue weighted by Gasteiger charge is -2.24. The number of hydrogen-bond donors (Lipinski definition) is 0. The van der Waals surface area contributed by atoms with Crippen LogP contribution in [0.2, 0.25) is 5.28 Å². The maximum absolute atomic E-state index is 5.74. The van der Waals surface area contributed by atoms with Gasteiger partial charge in [-0.15, -0.1) is 0 Å². The van der Waals surface area contributed by atoms with Gasteiger partial charge in [-0.25, -0.2) is 9.97 Å². The van der Waals surface area contributed by atoms with E-state index in [1.165, 1.54) is 17.9 Å². The molecular formula is C9H12ClN3S. The van der Waals surface area contributed by atoms with Crippen molar-refractivity contribution in [1.29, 1.82) is 0 Å². The maximum atomic E-state index is 5.74. The first-order chi connectivity index (χ1) is 6.77. The van der Waals surface area contributed by atoms with E-state index in [-0.39, 0.29) is 0 Å². The highest BCUT2D eigenvalue weighted by molar-refractivity contribution is 7.99. The van der Waals surface area contributed by atoms with Crippen LogP contribution in [0.1, 0.15) is 6.42 Å². The molecule has 76 valence electrons. The normalized spacial score (nSPS) is 21.1. The zero-order chi connectivity index (χ0) is 9.97. The van der Waals surface area contributed by atoms with Crippen LogP contribution in [-0.4, -0.2) is 34.6 Å². The van der Waals surface area contributed by atoms with Crippen LogP contribution >= 0.6 is 23.4 Å². The largest absolute Gasteiger partial charge is 0.356 e. The molecule has 1 saturated heterocycles. The minimum atomic E-state index is 0.319. The lowest BCUT2D eigenvalue weighted by Crippen LogP contribution is -2.31. The number of anilines is 1. The Morgan fingerprint density at radius 3 is 3.14 bits per heavy atom. The van der Waals surface area contributed by atoms with Crippen molar-refractivity contribution in [2.75, 3.05) is 23.5 Å². The lowest BCUT2D eigenvalue weighted by molar-refractivity contribution is 0.690. The fraction of sp³-hybridized carbons (Fsp3) is 0.556. The molecule has 0 aliphatic carbocycles. The second kappa shape index (κ2) is 4.36. The molecule has 2 rings (SSSR count). The Morgan fingerprint density at radius 1 is 1.64 bits per heavy atom. The van der Waals surface area contributed by atoms with E-state index in [2.05, 4.69) is 21.9 Å². The zero-order valence-corrected chi connectivity index (χ0v) is 9.55. The lowest BCUT2D eigenvalue weighted by atomic mass is 10.2. The van der Waals surface area contributed by atoms with Crippen molar-refractivity contribution >= 4 is 29.2 Å². The van der Waals surface area contributed by atoms with Gasteiger partial charge in [-0.1, -0.05) is 0 Å². The summed E-state index contributed by atoms with van der Waals surface area (Å²) in [5.41, 5.74) is 0. The topological polar surface area (TPSA) is 29.0 Å². The van der Waals surface area contributed by atoms with Gasteiger partial charge in [0.15, 0.2) is 0 Å². The minimum Gasteiger partial charge on any atom is -0.356 e. The summed E-state index contributed by atoms with van der Waals surface area (Å²) in [5, 5.41) is 0.319. The van der Waals surface area contributed by atoms with Gasteiger partial charge in [0.05, 0.1) is 0 Å². The molecule has 3 nitrogen and oxygen atoms in total. The average Bonchev–Trinajstić information content (AvgIpc) is 2.69. The molecule has 0 bridgehead atoms. The summed E-state index contributed by atoms with van der Waals surface area (Å²) < 4.78 is 0. The standard InChI is InChI=1S/C9H12ClN3S/c1-13(7-3-5-14-6-7)8-2-4-11-9(10)12-8/h2,4,7H,3,5-6H2,1H3. The van der Waals surface area contributed by atoms with Crippen LogP contribution in [0.4, 0.5) is 5.82 Å². The summed E-state index contributed by atoms with van der Waals surface area (Å²) in [6, 6.07) is 2.49. The highest BCUT2D eigenvalue weighted by atomic mass is 35.5. The molecule has 1 atom stereocenters. The molecule has 0 spiro atoms. The Kier molecular flexibility index (Phi) is 3.13. The second-order valence-electron chi connectivity index (χ2n) is 3.31. The van der Waals surface area contributed by atoms with Gasteiger partial charge in [-0.05, 0) is 29.8 Å². The fourth-order valence-corrected chi connectivity index (χ4v) is 2.95. The van der Waals surface area contributed by atoms with Gasteiger partial charge >= 0.3 is 0 Å². The number of rotatable bonds is 2. The minimum absolute atomic E-state index is 0.319. The molecule has 1 aliphatic heterocycles. The summed E-state index contributed by atoms with van der Waals surface area (Å²) >= 11 is 7.73. The summed E-state index contributed by atoms with van der Waals surface area (Å²) in [6.45, 7) is 0. The molecule has 1 aromatic rings. The molecule has 1 aliphatic rings. The van der Waals surface area contributed by atoms with Crippen molar-refractivity contribution in [3.63, 3.8) is 0 Å². The van der Waals surface area contributed by atoms with E-state index >= 15 is 0 Å². The Morgan fingerprint density at radius 2 is 2.50 bits per heavy atom. The number of nitrogens with zero attached hydrogens (tertiary/aromatic N) is 3. The van der Waals surface area contributed by atoms with Crippen LogP contribution in [0.25, 0.3) is 0 Å². The molecule has 0 aromatic carbocycles. The third-order valence-electron chi connectivity index (χ3n) is 2.43. The van der Waals surface area contributed by atoms with E-state index in [0.717, 1.165) is 5.82 Å². The molecule has 0 radical (unpaired) electrons. The van der Waals surface area contributed by atoms with Crippen molar-refractivity contribution in [3.8, 4) is 0 Å². The Labute approximate surface area is 92.9 Å². The molecule has 5 heteroatoms. The third kappa shape index (κ3) is 2.12. The smallest absolute Gasteiger partial charge is 0.224 e.